The average Bonchev–Trinajstić information content (AvgIpc) is 2.27. The van der Waals surface area contributed by atoms with Crippen LogP contribution < -0.4 is 5.32 Å². The number of nitrogens with zero attached hydrogens (tertiary/aromatic N) is 2. The molecule has 1 atom stereocenters. The van der Waals surface area contributed by atoms with Crippen molar-refractivity contribution in [1.82, 2.24) is 15.3 Å². The van der Waals surface area contributed by atoms with E-state index in [0.29, 0.717) is 6.04 Å². The molecule has 14 heavy (non-hydrogen) atoms. The Morgan fingerprint density at radius 3 is 3.00 bits per heavy atom. The second kappa shape index (κ2) is 3.72. The van der Waals surface area contributed by atoms with Crippen LogP contribution >= 0.6 is 0 Å². The Morgan fingerprint density at radius 2 is 2.21 bits per heavy atom. The van der Waals surface area contributed by atoms with Crippen LogP contribution in [0.25, 0.3) is 10.9 Å². The maximum Gasteiger partial charge on any atom is 0.0888 e. The first kappa shape index (κ1) is 9.09. The van der Waals surface area contributed by atoms with Gasteiger partial charge in [0.05, 0.1) is 11.7 Å². The van der Waals surface area contributed by atoms with Crippen molar-refractivity contribution in [1.29, 1.82) is 0 Å². The van der Waals surface area contributed by atoms with Crippen molar-refractivity contribution in [2.45, 2.75) is 13.0 Å². The molecule has 1 N–H and O–H groups in total. The Bertz CT molecular complexity index is 434. The van der Waals surface area contributed by atoms with E-state index in [0.717, 1.165) is 5.52 Å². The van der Waals surface area contributed by atoms with Gasteiger partial charge in [-0.05, 0) is 25.6 Å². The van der Waals surface area contributed by atoms with Gasteiger partial charge in [-0.3, -0.25) is 9.97 Å². The molecule has 0 spiro atoms. The van der Waals surface area contributed by atoms with Gasteiger partial charge in [-0.2, -0.15) is 0 Å². The lowest BCUT2D eigenvalue weighted by atomic mass is 10.1. The van der Waals surface area contributed by atoms with Crippen LogP contribution in [0.15, 0.2) is 30.7 Å². The fourth-order valence-electron chi connectivity index (χ4n) is 1.52. The molecule has 0 bridgehead atoms. The minimum Gasteiger partial charge on any atom is -0.313 e. The number of nitrogens with one attached hydrogen (secondary N) is 1. The van der Waals surface area contributed by atoms with Crippen LogP contribution in [-0.2, 0) is 0 Å². The molecule has 0 amide bonds. The Hall–Kier alpha value is -1.48. The summed E-state index contributed by atoms with van der Waals surface area (Å²) in [7, 11) is 1.94. The highest BCUT2D eigenvalue weighted by molar-refractivity contribution is 5.81. The van der Waals surface area contributed by atoms with Gasteiger partial charge in [-0.25, -0.2) is 0 Å². The summed E-state index contributed by atoms with van der Waals surface area (Å²) in [5, 5.41) is 4.38. The summed E-state index contributed by atoms with van der Waals surface area (Å²) in [6, 6.07) is 4.33. The van der Waals surface area contributed by atoms with Crippen LogP contribution in [0.5, 0.6) is 0 Å². The van der Waals surface area contributed by atoms with Gasteiger partial charge in [0.15, 0.2) is 0 Å². The van der Waals surface area contributed by atoms with Gasteiger partial charge >= 0.3 is 0 Å². The molecule has 0 aromatic carbocycles. The highest BCUT2D eigenvalue weighted by Crippen LogP contribution is 2.20. The van der Waals surface area contributed by atoms with Crippen LogP contribution in [0.1, 0.15) is 18.5 Å². The predicted molar refractivity (Wildman–Crippen MR) is 57.0 cm³/mol. The zero-order valence-corrected chi connectivity index (χ0v) is 8.36. The van der Waals surface area contributed by atoms with Gasteiger partial charge in [-0.15, -0.1) is 0 Å². The zero-order chi connectivity index (χ0) is 9.97. The number of hydrogen-bond acceptors (Lipinski definition) is 3. The normalized spacial score (nSPS) is 13.0. The summed E-state index contributed by atoms with van der Waals surface area (Å²) in [6.07, 6.45) is 5.48. The quantitative estimate of drug-likeness (QED) is 0.780. The van der Waals surface area contributed by atoms with Crippen molar-refractivity contribution >= 4 is 10.9 Å². The van der Waals surface area contributed by atoms with Crippen molar-refractivity contribution in [2.24, 2.45) is 0 Å². The molecule has 72 valence electrons. The van der Waals surface area contributed by atoms with Gasteiger partial charge in [0.25, 0.3) is 0 Å². The number of pyridine rings is 2. The van der Waals surface area contributed by atoms with Crippen molar-refractivity contribution in [3.05, 3.63) is 36.3 Å². The summed E-state index contributed by atoms with van der Waals surface area (Å²) in [5.74, 6) is 0. The molecule has 0 aliphatic rings. The monoisotopic (exact) mass is 187 g/mol. The summed E-state index contributed by atoms with van der Waals surface area (Å²) >= 11 is 0. The smallest absolute Gasteiger partial charge is 0.0888 e. The van der Waals surface area contributed by atoms with E-state index >= 15 is 0 Å². The van der Waals surface area contributed by atoms with Gasteiger partial charge in [0.1, 0.15) is 0 Å². The molecule has 2 aromatic rings. The molecule has 0 saturated carbocycles. The standard InChI is InChI=1S/C11H13N3/c1-8(12-2)10-6-13-7-11-9(10)4-3-5-14-11/h3-8,12H,1-2H3/t8-/m1/s1. The second-order valence-electron chi connectivity index (χ2n) is 3.31. The Balaban J connectivity index is 2.65. The highest BCUT2D eigenvalue weighted by atomic mass is 14.9. The summed E-state index contributed by atoms with van der Waals surface area (Å²) < 4.78 is 0. The Morgan fingerprint density at radius 1 is 1.36 bits per heavy atom. The van der Waals surface area contributed by atoms with Crippen LogP contribution in [0.2, 0.25) is 0 Å². The molecule has 3 heteroatoms. The average molecular weight is 187 g/mol. The third-order valence-corrected chi connectivity index (χ3v) is 2.46. The minimum atomic E-state index is 0.301. The maximum atomic E-state index is 4.27. The minimum absolute atomic E-state index is 0.301. The number of hydrogen-bond donors (Lipinski definition) is 1. The molecule has 2 rings (SSSR count). The van der Waals surface area contributed by atoms with Gasteiger partial charge in [0.2, 0.25) is 0 Å². The Labute approximate surface area is 83.2 Å². The number of rotatable bonds is 2. The van der Waals surface area contributed by atoms with E-state index in [2.05, 4.69) is 28.3 Å². The first-order chi connectivity index (χ1) is 6.83. The number of aromatic nitrogens is 2. The molecular weight excluding hydrogens is 174 g/mol. The van der Waals surface area contributed by atoms with Crippen molar-refractivity contribution < 1.29 is 0 Å². The third kappa shape index (κ3) is 1.46. The van der Waals surface area contributed by atoms with E-state index in [1.807, 2.05) is 19.3 Å². The van der Waals surface area contributed by atoms with E-state index in [4.69, 9.17) is 0 Å². The van der Waals surface area contributed by atoms with Crippen molar-refractivity contribution in [2.75, 3.05) is 7.05 Å². The molecule has 0 fully saturated rings. The third-order valence-electron chi connectivity index (χ3n) is 2.46. The van der Waals surface area contributed by atoms with Gasteiger partial charge < -0.3 is 5.32 Å². The predicted octanol–water partition coefficient (Wildman–Crippen LogP) is 1.91. The first-order valence-electron chi connectivity index (χ1n) is 4.69. The molecule has 0 unspecified atom stereocenters. The molecule has 0 aliphatic heterocycles. The zero-order valence-electron chi connectivity index (χ0n) is 8.36. The van der Waals surface area contributed by atoms with Crippen LogP contribution in [0.4, 0.5) is 0 Å². The van der Waals surface area contributed by atoms with Crippen LogP contribution in [-0.4, -0.2) is 17.0 Å². The molecule has 3 nitrogen and oxygen atoms in total. The van der Waals surface area contributed by atoms with Crippen LogP contribution in [0, 0.1) is 0 Å². The van der Waals surface area contributed by atoms with E-state index in [-0.39, 0.29) is 0 Å². The topological polar surface area (TPSA) is 37.8 Å². The second-order valence-corrected chi connectivity index (χ2v) is 3.31. The van der Waals surface area contributed by atoms with E-state index < -0.39 is 0 Å². The van der Waals surface area contributed by atoms with Crippen LogP contribution in [0.3, 0.4) is 0 Å². The highest BCUT2D eigenvalue weighted by Gasteiger charge is 2.07. The Kier molecular flexibility index (Phi) is 2.41. The van der Waals surface area contributed by atoms with Gasteiger partial charge in [-0.1, -0.05) is 6.07 Å². The van der Waals surface area contributed by atoms with E-state index in [1.54, 1.807) is 12.4 Å². The number of fused-ring (bicyclic) bond motifs is 1. The fourth-order valence-corrected chi connectivity index (χ4v) is 1.52. The van der Waals surface area contributed by atoms with Gasteiger partial charge in [0, 0.05) is 23.8 Å². The molecule has 0 radical (unpaired) electrons. The van der Waals surface area contributed by atoms with Crippen molar-refractivity contribution in [3.63, 3.8) is 0 Å². The summed E-state index contributed by atoms with van der Waals surface area (Å²) in [4.78, 5) is 8.45. The lowest BCUT2D eigenvalue weighted by Crippen LogP contribution is -2.12. The summed E-state index contributed by atoms with van der Waals surface area (Å²) in [5.41, 5.74) is 2.14. The lowest BCUT2D eigenvalue weighted by molar-refractivity contribution is 0.654. The first-order valence-corrected chi connectivity index (χ1v) is 4.69. The largest absolute Gasteiger partial charge is 0.313 e. The van der Waals surface area contributed by atoms with Crippen molar-refractivity contribution in [3.8, 4) is 0 Å². The molecule has 0 aliphatic carbocycles. The molecule has 0 saturated heterocycles. The van der Waals surface area contributed by atoms with E-state index in [1.165, 1.54) is 10.9 Å². The SMILES string of the molecule is CN[C@H](C)c1cncc2ncccc12. The lowest BCUT2D eigenvalue weighted by Gasteiger charge is -2.12. The molecular formula is C11H13N3. The van der Waals surface area contributed by atoms with E-state index in [9.17, 15) is 0 Å². The maximum absolute atomic E-state index is 4.27. The summed E-state index contributed by atoms with van der Waals surface area (Å²) in [6.45, 7) is 2.11. The molecule has 2 heterocycles. The fraction of sp³-hybridized carbons (Fsp3) is 0.273. The molecule has 2 aromatic heterocycles.